The van der Waals surface area contributed by atoms with Gasteiger partial charge in [-0.1, -0.05) is 26.2 Å². The average molecular weight is 196 g/mol. The van der Waals surface area contributed by atoms with E-state index in [1.165, 1.54) is 32.1 Å². The lowest BCUT2D eigenvalue weighted by molar-refractivity contribution is -0.128. The van der Waals surface area contributed by atoms with Gasteiger partial charge in [0.1, 0.15) is 0 Å². The Morgan fingerprint density at radius 3 is 2.64 bits per heavy atom. The molecule has 0 aromatic carbocycles. The average Bonchev–Trinajstić information content (AvgIpc) is 2.52. The molecule has 0 unspecified atom stereocenters. The van der Waals surface area contributed by atoms with E-state index in [0.29, 0.717) is 12.0 Å². The van der Waals surface area contributed by atoms with Crippen LogP contribution in [0.1, 0.15) is 39.0 Å². The number of carbonyl (C=O) groups excluding carboxylic acids is 1. The van der Waals surface area contributed by atoms with Gasteiger partial charge >= 0.3 is 0 Å². The van der Waals surface area contributed by atoms with Crippen LogP contribution in [0.4, 0.5) is 0 Å². The van der Waals surface area contributed by atoms with Crippen LogP contribution in [0.3, 0.4) is 0 Å². The topological polar surface area (TPSA) is 32.3 Å². The van der Waals surface area contributed by atoms with E-state index in [2.05, 4.69) is 12.2 Å². The SMILES string of the molecule is CC1(CN2CNCC2=O)CCCCC1. The molecule has 1 aliphatic heterocycles. The molecule has 1 saturated heterocycles. The fourth-order valence-electron chi connectivity index (χ4n) is 2.67. The molecule has 0 radical (unpaired) electrons. The number of nitrogens with zero attached hydrogens (tertiary/aromatic N) is 1. The van der Waals surface area contributed by atoms with Crippen molar-refractivity contribution in [3.63, 3.8) is 0 Å². The minimum absolute atomic E-state index is 0.275. The quantitative estimate of drug-likeness (QED) is 0.723. The fourth-order valence-corrected chi connectivity index (χ4v) is 2.67. The molecule has 0 aromatic rings. The van der Waals surface area contributed by atoms with E-state index in [-0.39, 0.29) is 5.91 Å². The van der Waals surface area contributed by atoms with Gasteiger partial charge in [-0.05, 0) is 18.3 Å². The van der Waals surface area contributed by atoms with Crippen LogP contribution in [0, 0.1) is 5.41 Å². The van der Waals surface area contributed by atoms with Crippen LogP contribution in [0.15, 0.2) is 0 Å². The fraction of sp³-hybridized carbons (Fsp3) is 0.909. The summed E-state index contributed by atoms with van der Waals surface area (Å²) in [7, 11) is 0. The molecule has 14 heavy (non-hydrogen) atoms. The Morgan fingerprint density at radius 1 is 1.36 bits per heavy atom. The second-order valence-electron chi connectivity index (χ2n) is 5.05. The van der Waals surface area contributed by atoms with Gasteiger partial charge in [-0.3, -0.25) is 10.1 Å². The molecular formula is C11H20N2O. The monoisotopic (exact) mass is 196 g/mol. The predicted molar refractivity (Wildman–Crippen MR) is 55.8 cm³/mol. The maximum atomic E-state index is 11.5. The van der Waals surface area contributed by atoms with Crippen LogP contribution in [0.2, 0.25) is 0 Å². The van der Waals surface area contributed by atoms with Crippen LogP contribution in [0.5, 0.6) is 0 Å². The first-order valence-electron chi connectivity index (χ1n) is 5.68. The highest BCUT2D eigenvalue weighted by Crippen LogP contribution is 2.36. The van der Waals surface area contributed by atoms with Crippen molar-refractivity contribution in [3.8, 4) is 0 Å². The molecule has 3 nitrogen and oxygen atoms in total. The lowest BCUT2D eigenvalue weighted by Crippen LogP contribution is -2.38. The molecule has 1 N–H and O–H groups in total. The number of rotatable bonds is 2. The summed E-state index contributed by atoms with van der Waals surface area (Å²) in [5, 5.41) is 3.11. The van der Waals surface area contributed by atoms with Gasteiger partial charge in [0.15, 0.2) is 0 Å². The number of hydrogen-bond donors (Lipinski definition) is 1. The summed E-state index contributed by atoms with van der Waals surface area (Å²) in [5.41, 5.74) is 0.389. The molecule has 1 amide bonds. The molecule has 0 bridgehead atoms. The predicted octanol–water partition coefficient (Wildman–Crippen LogP) is 1.35. The molecule has 80 valence electrons. The summed E-state index contributed by atoms with van der Waals surface area (Å²) in [6.07, 6.45) is 6.63. The Balaban J connectivity index is 1.91. The minimum atomic E-state index is 0.275. The highest BCUT2D eigenvalue weighted by molar-refractivity contribution is 5.80. The smallest absolute Gasteiger partial charge is 0.237 e. The lowest BCUT2D eigenvalue weighted by Gasteiger charge is -2.36. The zero-order valence-electron chi connectivity index (χ0n) is 9.01. The number of nitrogens with one attached hydrogen (secondary N) is 1. The van der Waals surface area contributed by atoms with E-state index < -0.39 is 0 Å². The van der Waals surface area contributed by atoms with Crippen molar-refractivity contribution >= 4 is 5.91 Å². The van der Waals surface area contributed by atoms with Gasteiger partial charge in [0.2, 0.25) is 5.91 Å². The van der Waals surface area contributed by atoms with E-state index in [4.69, 9.17) is 0 Å². The third-order valence-electron chi connectivity index (χ3n) is 3.56. The van der Waals surface area contributed by atoms with Crippen molar-refractivity contribution in [2.24, 2.45) is 5.41 Å². The molecular weight excluding hydrogens is 176 g/mol. The number of hydrogen-bond acceptors (Lipinski definition) is 2. The van der Waals surface area contributed by atoms with Crippen molar-refractivity contribution in [3.05, 3.63) is 0 Å². The summed E-state index contributed by atoms with van der Waals surface area (Å²) >= 11 is 0. The Hall–Kier alpha value is -0.570. The van der Waals surface area contributed by atoms with Gasteiger partial charge in [-0.15, -0.1) is 0 Å². The summed E-state index contributed by atoms with van der Waals surface area (Å²) in [4.78, 5) is 13.4. The second kappa shape index (κ2) is 3.89. The molecule has 1 saturated carbocycles. The van der Waals surface area contributed by atoms with Gasteiger partial charge < -0.3 is 4.90 Å². The number of amides is 1. The Morgan fingerprint density at radius 2 is 2.07 bits per heavy atom. The van der Waals surface area contributed by atoms with Gasteiger partial charge in [0, 0.05) is 6.54 Å². The molecule has 1 heterocycles. The van der Waals surface area contributed by atoms with Gasteiger partial charge in [-0.2, -0.15) is 0 Å². The third kappa shape index (κ3) is 2.08. The van der Waals surface area contributed by atoms with Crippen molar-refractivity contribution < 1.29 is 4.79 Å². The summed E-state index contributed by atoms with van der Waals surface area (Å²) in [6, 6.07) is 0. The maximum Gasteiger partial charge on any atom is 0.237 e. The van der Waals surface area contributed by atoms with Crippen LogP contribution < -0.4 is 5.32 Å². The Labute approximate surface area is 85.8 Å². The van der Waals surface area contributed by atoms with Crippen molar-refractivity contribution in [2.45, 2.75) is 39.0 Å². The van der Waals surface area contributed by atoms with Gasteiger partial charge in [0.25, 0.3) is 0 Å². The zero-order chi connectivity index (χ0) is 10.0. The highest BCUT2D eigenvalue weighted by Gasteiger charge is 2.32. The first-order chi connectivity index (χ1) is 6.70. The van der Waals surface area contributed by atoms with E-state index in [9.17, 15) is 4.79 Å². The molecule has 2 rings (SSSR count). The van der Waals surface area contributed by atoms with Crippen LogP contribution in [-0.2, 0) is 4.79 Å². The first-order valence-corrected chi connectivity index (χ1v) is 5.68. The first kappa shape index (κ1) is 9.97. The molecule has 0 atom stereocenters. The Kier molecular flexibility index (Phi) is 2.77. The molecule has 0 spiro atoms. The Bertz CT molecular complexity index is 221. The lowest BCUT2D eigenvalue weighted by atomic mass is 9.75. The summed E-state index contributed by atoms with van der Waals surface area (Å²) in [5.74, 6) is 0.275. The molecule has 3 heteroatoms. The van der Waals surface area contributed by atoms with Crippen LogP contribution in [-0.4, -0.2) is 30.6 Å². The van der Waals surface area contributed by atoms with Crippen molar-refractivity contribution in [2.75, 3.05) is 19.8 Å². The van der Waals surface area contributed by atoms with Crippen molar-refractivity contribution in [1.82, 2.24) is 10.2 Å². The van der Waals surface area contributed by atoms with E-state index in [1.54, 1.807) is 0 Å². The second-order valence-corrected chi connectivity index (χ2v) is 5.05. The minimum Gasteiger partial charge on any atom is -0.328 e. The molecule has 1 aliphatic carbocycles. The largest absolute Gasteiger partial charge is 0.328 e. The highest BCUT2D eigenvalue weighted by atomic mass is 16.2. The van der Waals surface area contributed by atoms with Crippen LogP contribution >= 0.6 is 0 Å². The summed E-state index contributed by atoms with van der Waals surface area (Å²) < 4.78 is 0. The zero-order valence-corrected chi connectivity index (χ0v) is 9.01. The van der Waals surface area contributed by atoms with E-state index in [1.807, 2.05) is 4.90 Å². The summed E-state index contributed by atoms with van der Waals surface area (Å²) in [6.45, 7) is 4.58. The maximum absolute atomic E-state index is 11.5. The molecule has 0 aromatic heterocycles. The van der Waals surface area contributed by atoms with E-state index >= 15 is 0 Å². The standard InChI is InChI=1S/C11H20N2O/c1-11(5-3-2-4-6-11)8-13-9-12-7-10(13)14/h12H,2-9H2,1H3. The van der Waals surface area contributed by atoms with E-state index in [0.717, 1.165) is 13.2 Å². The van der Waals surface area contributed by atoms with Gasteiger partial charge in [-0.25, -0.2) is 0 Å². The van der Waals surface area contributed by atoms with Crippen LogP contribution in [0.25, 0.3) is 0 Å². The normalized spacial score (nSPS) is 26.9. The van der Waals surface area contributed by atoms with Gasteiger partial charge in [0.05, 0.1) is 13.2 Å². The molecule has 2 aliphatic rings. The molecule has 2 fully saturated rings. The number of carbonyl (C=O) groups is 1. The third-order valence-corrected chi connectivity index (χ3v) is 3.56. The van der Waals surface area contributed by atoms with Crippen molar-refractivity contribution in [1.29, 1.82) is 0 Å².